The van der Waals surface area contributed by atoms with Crippen molar-refractivity contribution in [3.63, 3.8) is 0 Å². The van der Waals surface area contributed by atoms with Gasteiger partial charge >= 0.3 is 6.09 Å². The summed E-state index contributed by atoms with van der Waals surface area (Å²) in [5.41, 5.74) is 0.761. The first-order valence-corrected chi connectivity index (χ1v) is 11.6. The molecule has 1 N–H and O–H groups in total. The average Bonchev–Trinajstić information content (AvgIpc) is 2.76. The van der Waals surface area contributed by atoms with Crippen LogP contribution < -0.4 is 5.56 Å². The van der Waals surface area contributed by atoms with E-state index in [0.29, 0.717) is 25.3 Å². The number of ether oxygens (including phenoxy) is 1. The Bertz CT molecular complexity index is 1020. The van der Waals surface area contributed by atoms with Gasteiger partial charge in [-0.1, -0.05) is 30.3 Å². The van der Waals surface area contributed by atoms with Crippen LogP contribution in [0.2, 0.25) is 0 Å². The lowest BCUT2D eigenvalue weighted by molar-refractivity contribution is 0.0124. The van der Waals surface area contributed by atoms with Gasteiger partial charge in [-0.05, 0) is 71.1 Å². The topological polar surface area (TPSA) is 82.7 Å². The van der Waals surface area contributed by atoms with E-state index in [1.807, 2.05) is 65.0 Å². The Kier molecular flexibility index (Phi) is 7.61. The number of benzene rings is 1. The van der Waals surface area contributed by atoms with Gasteiger partial charge < -0.3 is 19.5 Å². The van der Waals surface area contributed by atoms with Crippen molar-refractivity contribution in [3.05, 3.63) is 58.4 Å². The van der Waals surface area contributed by atoms with E-state index in [2.05, 4.69) is 4.98 Å². The molecular formula is C26H35N3O4. The number of likely N-dealkylation sites (tertiary alicyclic amines) is 1. The van der Waals surface area contributed by atoms with Gasteiger partial charge in [0.2, 0.25) is 0 Å². The van der Waals surface area contributed by atoms with Gasteiger partial charge in [-0.2, -0.15) is 0 Å². The van der Waals surface area contributed by atoms with E-state index in [9.17, 15) is 14.4 Å². The Hall–Kier alpha value is -3.09. The third kappa shape index (κ3) is 6.46. The SMILES string of the molecule is CC(C)N(CC1CCCN(C(=O)c2ccc(-c3ccccc3)[nH]c2=O)C1)C(=O)OC(C)(C)C. The zero-order valence-electron chi connectivity index (χ0n) is 20.3. The molecule has 1 unspecified atom stereocenters. The quantitative estimate of drug-likeness (QED) is 0.721. The second-order valence-corrected chi connectivity index (χ2v) is 9.97. The molecule has 0 aliphatic carbocycles. The van der Waals surface area contributed by atoms with E-state index in [1.54, 1.807) is 21.9 Å². The minimum Gasteiger partial charge on any atom is -0.444 e. The zero-order valence-corrected chi connectivity index (χ0v) is 20.3. The van der Waals surface area contributed by atoms with Gasteiger partial charge in [-0.15, -0.1) is 0 Å². The first kappa shape index (κ1) is 24.6. The molecule has 1 fully saturated rings. The number of hydrogen-bond donors (Lipinski definition) is 1. The fourth-order valence-electron chi connectivity index (χ4n) is 4.09. The number of carbonyl (C=O) groups is 2. The summed E-state index contributed by atoms with van der Waals surface area (Å²) in [4.78, 5) is 44.8. The molecule has 1 saturated heterocycles. The van der Waals surface area contributed by atoms with Crippen LogP contribution in [-0.4, -0.2) is 58.1 Å². The van der Waals surface area contributed by atoms with Gasteiger partial charge in [0.05, 0.1) is 0 Å². The number of piperidine rings is 1. The number of H-pyrrole nitrogens is 1. The van der Waals surface area contributed by atoms with E-state index in [0.717, 1.165) is 18.4 Å². The Morgan fingerprint density at radius 1 is 1.15 bits per heavy atom. The van der Waals surface area contributed by atoms with Crippen LogP contribution in [0.1, 0.15) is 57.8 Å². The molecule has 1 aromatic carbocycles. The molecule has 3 rings (SSSR count). The van der Waals surface area contributed by atoms with Crippen molar-refractivity contribution in [1.29, 1.82) is 0 Å². The Morgan fingerprint density at radius 2 is 1.85 bits per heavy atom. The van der Waals surface area contributed by atoms with Crippen LogP contribution in [0.15, 0.2) is 47.3 Å². The molecule has 1 aliphatic rings. The summed E-state index contributed by atoms with van der Waals surface area (Å²) in [6.45, 7) is 11.1. The highest BCUT2D eigenvalue weighted by molar-refractivity contribution is 5.94. The predicted octanol–water partition coefficient (Wildman–Crippen LogP) is 4.54. The molecule has 0 saturated carbocycles. The molecule has 1 aromatic heterocycles. The lowest BCUT2D eigenvalue weighted by atomic mass is 9.96. The van der Waals surface area contributed by atoms with Gasteiger partial charge in [-0.25, -0.2) is 4.79 Å². The third-order valence-corrected chi connectivity index (χ3v) is 5.74. The number of nitrogens with zero attached hydrogens (tertiary/aromatic N) is 2. The highest BCUT2D eigenvalue weighted by Gasteiger charge is 2.31. The van der Waals surface area contributed by atoms with E-state index >= 15 is 0 Å². The summed E-state index contributed by atoms with van der Waals surface area (Å²) in [6.07, 6.45) is 1.41. The average molecular weight is 454 g/mol. The van der Waals surface area contributed by atoms with E-state index in [4.69, 9.17) is 4.74 Å². The van der Waals surface area contributed by atoms with Crippen molar-refractivity contribution in [1.82, 2.24) is 14.8 Å². The van der Waals surface area contributed by atoms with Gasteiger partial charge in [0.15, 0.2) is 0 Å². The molecule has 33 heavy (non-hydrogen) atoms. The molecule has 1 atom stereocenters. The summed E-state index contributed by atoms with van der Waals surface area (Å²) in [6, 6.07) is 12.9. The summed E-state index contributed by atoms with van der Waals surface area (Å²) >= 11 is 0. The maximum Gasteiger partial charge on any atom is 0.410 e. The number of pyridine rings is 1. The van der Waals surface area contributed by atoms with Crippen molar-refractivity contribution in [3.8, 4) is 11.3 Å². The van der Waals surface area contributed by atoms with Crippen LogP contribution in [0, 0.1) is 5.92 Å². The molecule has 7 nitrogen and oxygen atoms in total. The Labute approximate surface area is 195 Å². The first-order valence-electron chi connectivity index (χ1n) is 11.6. The van der Waals surface area contributed by atoms with Crippen molar-refractivity contribution >= 4 is 12.0 Å². The van der Waals surface area contributed by atoms with E-state index in [1.165, 1.54) is 0 Å². The molecule has 1 aliphatic heterocycles. The van der Waals surface area contributed by atoms with Gasteiger partial charge in [-0.3, -0.25) is 9.59 Å². The molecular weight excluding hydrogens is 418 g/mol. The first-order chi connectivity index (χ1) is 15.5. The number of carbonyl (C=O) groups excluding carboxylic acids is 2. The second-order valence-electron chi connectivity index (χ2n) is 9.97. The molecule has 0 spiro atoms. The predicted molar refractivity (Wildman–Crippen MR) is 129 cm³/mol. The number of nitrogens with one attached hydrogen (secondary N) is 1. The lowest BCUT2D eigenvalue weighted by Crippen LogP contribution is -2.48. The number of amides is 2. The number of hydrogen-bond acceptors (Lipinski definition) is 4. The molecule has 0 bridgehead atoms. The lowest BCUT2D eigenvalue weighted by Gasteiger charge is -2.37. The molecule has 2 amide bonds. The third-order valence-electron chi connectivity index (χ3n) is 5.74. The number of aromatic amines is 1. The van der Waals surface area contributed by atoms with Crippen molar-refractivity contribution in [2.24, 2.45) is 5.92 Å². The fourth-order valence-corrected chi connectivity index (χ4v) is 4.09. The van der Waals surface area contributed by atoms with Crippen molar-refractivity contribution in [2.75, 3.05) is 19.6 Å². The van der Waals surface area contributed by atoms with Crippen molar-refractivity contribution < 1.29 is 14.3 Å². The zero-order chi connectivity index (χ0) is 24.2. The van der Waals surface area contributed by atoms with Crippen LogP contribution in [-0.2, 0) is 4.74 Å². The minimum absolute atomic E-state index is 0.0145. The maximum atomic E-state index is 13.2. The smallest absolute Gasteiger partial charge is 0.410 e. The minimum atomic E-state index is -0.564. The van der Waals surface area contributed by atoms with Crippen LogP contribution in [0.4, 0.5) is 4.79 Å². The van der Waals surface area contributed by atoms with E-state index < -0.39 is 5.60 Å². The molecule has 2 heterocycles. The highest BCUT2D eigenvalue weighted by Crippen LogP contribution is 2.22. The van der Waals surface area contributed by atoms with Crippen LogP contribution >= 0.6 is 0 Å². The van der Waals surface area contributed by atoms with Crippen molar-refractivity contribution in [2.45, 2.75) is 59.1 Å². The summed E-state index contributed by atoms with van der Waals surface area (Å²) in [5.74, 6) is -0.144. The standard InChI is InChI=1S/C26H35N3O4/c1-18(2)29(25(32)33-26(3,4)5)17-19-10-9-15-28(16-19)24(31)21-13-14-22(27-23(21)30)20-11-7-6-8-12-20/h6-8,11-14,18-19H,9-10,15-17H2,1-5H3,(H,27,30). The number of aromatic nitrogens is 1. The summed E-state index contributed by atoms with van der Waals surface area (Å²) in [5, 5.41) is 0. The largest absolute Gasteiger partial charge is 0.444 e. The molecule has 7 heteroatoms. The number of rotatable bonds is 5. The fraction of sp³-hybridized carbons (Fsp3) is 0.500. The summed E-state index contributed by atoms with van der Waals surface area (Å²) < 4.78 is 5.57. The second kappa shape index (κ2) is 10.2. The van der Waals surface area contributed by atoms with Gasteiger partial charge in [0, 0.05) is 31.4 Å². The van der Waals surface area contributed by atoms with Crippen LogP contribution in [0.25, 0.3) is 11.3 Å². The van der Waals surface area contributed by atoms with Crippen LogP contribution in [0.5, 0.6) is 0 Å². The Morgan fingerprint density at radius 3 is 2.45 bits per heavy atom. The van der Waals surface area contributed by atoms with Gasteiger partial charge in [0.25, 0.3) is 11.5 Å². The molecule has 2 aromatic rings. The molecule has 0 radical (unpaired) electrons. The monoisotopic (exact) mass is 453 g/mol. The normalized spacial score (nSPS) is 16.5. The maximum absolute atomic E-state index is 13.2. The van der Waals surface area contributed by atoms with E-state index in [-0.39, 0.29) is 35.1 Å². The van der Waals surface area contributed by atoms with Crippen LogP contribution in [0.3, 0.4) is 0 Å². The van der Waals surface area contributed by atoms with Gasteiger partial charge in [0.1, 0.15) is 11.2 Å². The highest BCUT2D eigenvalue weighted by atomic mass is 16.6. The molecule has 178 valence electrons. The summed E-state index contributed by atoms with van der Waals surface area (Å²) in [7, 11) is 0. The Balaban J connectivity index is 1.70.